The fourth-order valence-corrected chi connectivity index (χ4v) is 2.98. The largest absolute Gasteiger partial charge is 0.496 e. The van der Waals surface area contributed by atoms with Crippen LogP contribution in [0.5, 0.6) is 5.75 Å². The van der Waals surface area contributed by atoms with Crippen LogP contribution in [0.3, 0.4) is 0 Å². The van der Waals surface area contributed by atoms with Gasteiger partial charge in [-0.3, -0.25) is 0 Å². The zero-order valence-corrected chi connectivity index (χ0v) is 12.0. The first-order valence-electron chi connectivity index (χ1n) is 5.91. The van der Waals surface area contributed by atoms with Gasteiger partial charge in [-0.05, 0) is 53.8 Å². The number of rotatable bonds is 3. The van der Waals surface area contributed by atoms with Crippen LogP contribution < -0.4 is 4.74 Å². The van der Waals surface area contributed by atoms with Crippen LogP contribution in [0.1, 0.15) is 33.9 Å². The number of ether oxygens (including phenoxy) is 1. The summed E-state index contributed by atoms with van der Waals surface area (Å²) in [4.78, 5) is 0. The summed E-state index contributed by atoms with van der Waals surface area (Å²) in [6.07, 6.45) is -0.620. The average Bonchev–Trinajstić information content (AvgIpc) is 2.78. The van der Waals surface area contributed by atoms with Crippen LogP contribution in [-0.2, 0) is 0 Å². The van der Waals surface area contributed by atoms with Gasteiger partial charge in [0.25, 0.3) is 0 Å². The van der Waals surface area contributed by atoms with Crippen molar-refractivity contribution in [3.8, 4) is 5.75 Å². The zero-order valence-electron chi connectivity index (χ0n) is 11.2. The number of thiophene rings is 1. The lowest BCUT2D eigenvalue weighted by Crippen LogP contribution is -2.04. The third kappa shape index (κ3) is 2.16. The van der Waals surface area contributed by atoms with Crippen LogP contribution in [0.15, 0.2) is 22.9 Å². The number of aliphatic hydroxyl groups excluding tert-OH is 1. The molecule has 96 valence electrons. The summed E-state index contributed by atoms with van der Waals surface area (Å²) < 4.78 is 5.46. The van der Waals surface area contributed by atoms with Crippen molar-refractivity contribution in [2.75, 3.05) is 7.11 Å². The lowest BCUT2D eigenvalue weighted by molar-refractivity contribution is 0.214. The zero-order chi connectivity index (χ0) is 13.3. The molecule has 1 atom stereocenters. The van der Waals surface area contributed by atoms with Gasteiger partial charge in [-0.1, -0.05) is 12.1 Å². The number of aliphatic hydroxyl groups is 1. The van der Waals surface area contributed by atoms with E-state index < -0.39 is 6.10 Å². The number of methoxy groups -OCH3 is 1. The minimum Gasteiger partial charge on any atom is -0.496 e. The molecule has 1 heterocycles. The molecule has 1 aromatic heterocycles. The SMILES string of the molecule is COc1c(C(O)c2cscc2C)ccc(C)c1C. The maximum atomic E-state index is 10.5. The lowest BCUT2D eigenvalue weighted by atomic mass is 9.96. The minimum absolute atomic E-state index is 0.620. The highest BCUT2D eigenvalue weighted by Gasteiger charge is 2.19. The predicted molar refractivity (Wildman–Crippen MR) is 75.6 cm³/mol. The molecule has 0 fully saturated rings. The Labute approximate surface area is 112 Å². The van der Waals surface area contributed by atoms with Gasteiger partial charge in [0.1, 0.15) is 11.9 Å². The second-order valence-electron chi connectivity index (χ2n) is 4.54. The molecule has 2 rings (SSSR count). The van der Waals surface area contributed by atoms with E-state index >= 15 is 0 Å². The Kier molecular flexibility index (Phi) is 3.73. The highest BCUT2D eigenvalue weighted by molar-refractivity contribution is 7.08. The van der Waals surface area contributed by atoms with Crippen LogP contribution in [-0.4, -0.2) is 12.2 Å². The molecule has 1 aromatic carbocycles. The van der Waals surface area contributed by atoms with E-state index in [0.29, 0.717) is 0 Å². The first-order chi connectivity index (χ1) is 8.56. The van der Waals surface area contributed by atoms with Gasteiger partial charge in [0.2, 0.25) is 0 Å². The van der Waals surface area contributed by atoms with Gasteiger partial charge in [0, 0.05) is 5.56 Å². The molecule has 0 aliphatic rings. The second-order valence-corrected chi connectivity index (χ2v) is 5.29. The van der Waals surface area contributed by atoms with E-state index in [0.717, 1.165) is 28.0 Å². The van der Waals surface area contributed by atoms with Crippen LogP contribution in [0.2, 0.25) is 0 Å². The molecule has 0 spiro atoms. The molecule has 0 aliphatic heterocycles. The topological polar surface area (TPSA) is 29.5 Å². The first kappa shape index (κ1) is 13.1. The average molecular weight is 262 g/mol. The lowest BCUT2D eigenvalue weighted by Gasteiger charge is -2.18. The molecule has 2 nitrogen and oxygen atoms in total. The highest BCUT2D eigenvalue weighted by atomic mass is 32.1. The standard InChI is InChI=1S/C15H18O2S/c1-9-5-6-12(15(17-4)11(9)3)14(16)13-8-18-7-10(13)2/h5-8,14,16H,1-4H3. The van der Waals surface area contributed by atoms with Gasteiger partial charge < -0.3 is 9.84 Å². The summed E-state index contributed by atoms with van der Waals surface area (Å²) in [7, 11) is 1.65. The Morgan fingerprint density at radius 1 is 1.06 bits per heavy atom. The van der Waals surface area contributed by atoms with E-state index in [9.17, 15) is 5.11 Å². The minimum atomic E-state index is -0.620. The monoisotopic (exact) mass is 262 g/mol. The highest BCUT2D eigenvalue weighted by Crippen LogP contribution is 2.35. The second kappa shape index (κ2) is 5.12. The Hall–Kier alpha value is -1.32. The van der Waals surface area contributed by atoms with Crippen molar-refractivity contribution < 1.29 is 9.84 Å². The molecule has 0 saturated carbocycles. The summed E-state index contributed by atoms with van der Waals surface area (Å²) in [6.45, 7) is 6.08. The van der Waals surface area contributed by atoms with E-state index in [1.54, 1.807) is 18.4 Å². The molecule has 2 aromatic rings. The fourth-order valence-electron chi connectivity index (χ4n) is 2.12. The molecule has 1 unspecified atom stereocenters. The molecule has 0 radical (unpaired) electrons. The first-order valence-corrected chi connectivity index (χ1v) is 6.85. The van der Waals surface area contributed by atoms with Gasteiger partial charge in [0.05, 0.1) is 7.11 Å². The summed E-state index contributed by atoms with van der Waals surface area (Å²) >= 11 is 1.61. The number of hydrogen-bond donors (Lipinski definition) is 1. The number of hydrogen-bond acceptors (Lipinski definition) is 3. The van der Waals surface area contributed by atoms with Crippen molar-refractivity contribution in [2.45, 2.75) is 26.9 Å². The maximum absolute atomic E-state index is 10.5. The van der Waals surface area contributed by atoms with Crippen LogP contribution in [0.25, 0.3) is 0 Å². The molecule has 0 bridgehead atoms. The normalized spacial score (nSPS) is 12.5. The van der Waals surface area contributed by atoms with Gasteiger partial charge in [-0.25, -0.2) is 0 Å². The van der Waals surface area contributed by atoms with Gasteiger partial charge >= 0.3 is 0 Å². The molecule has 1 N–H and O–H groups in total. The van der Waals surface area contributed by atoms with Crippen LogP contribution in [0, 0.1) is 20.8 Å². The molecule has 0 aliphatic carbocycles. The molecule has 18 heavy (non-hydrogen) atoms. The van der Waals surface area contributed by atoms with E-state index in [2.05, 4.69) is 0 Å². The fraction of sp³-hybridized carbons (Fsp3) is 0.333. The van der Waals surface area contributed by atoms with Gasteiger partial charge in [-0.15, -0.1) is 0 Å². The molecule has 0 amide bonds. The van der Waals surface area contributed by atoms with Crippen molar-refractivity contribution in [3.05, 3.63) is 50.7 Å². The maximum Gasteiger partial charge on any atom is 0.128 e. The number of benzene rings is 1. The molecule has 0 saturated heterocycles. The van der Waals surface area contributed by atoms with E-state index in [1.165, 1.54) is 5.56 Å². The summed E-state index contributed by atoms with van der Waals surface area (Å²) in [6, 6.07) is 3.97. The van der Waals surface area contributed by atoms with E-state index in [-0.39, 0.29) is 0 Å². The van der Waals surface area contributed by atoms with Gasteiger partial charge in [0.15, 0.2) is 0 Å². The van der Waals surface area contributed by atoms with Gasteiger partial charge in [-0.2, -0.15) is 11.3 Å². The Balaban J connectivity index is 2.52. The molecular formula is C15H18O2S. The van der Waals surface area contributed by atoms with Crippen molar-refractivity contribution >= 4 is 11.3 Å². The Bertz CT molecular complexity index is 558. The summed E-state index contributed by atoms with van der Waals surface area (Å²) in [5.74, 6) is 0.785. The third-order valence-corrected chi connectivity index (χ3v) is 4.28. The molecule has 3 heteroatoms. The van der Waals surface area contributed by atoms with E-state index in [4.69, 9.17) is 4.74 Å². The van der Waals surface area contributed by atoms with Crippen LogP contribution >= 0.6 is 11.3 Å². The summed E-state index contributed by atoms with van der Waals surface area (Å²) in [5, 5.41) is 14.6. The Morgan fingerprint density at radius 2 is 1.78 bits per heavy atom. The number of aryl methyl sites for hydroxylation is 2. The predicted octanol–water partition coefficient (Wildman–Crippen LogP) is 3.76. The van der Waals surface area contributed by atoms with Crippen molar-refractivity contribution in [3.63, 3.8) is 0 Å². The van der Waals surface area contributed by atoms with E-state index in [1.807, 2.05) is 43.7 Å². The molecular weight excluding hydrogens is 244 g/mol. The summed E-state index contributed by atoms with van der Waals surface area (Å²) in [5.41, 5.74) is 5.17. The van der Waals surface area contributed by atoms with Crippen molar-refractivity contribution in [1.82, 2.24) is 0 Å². The van der Waals surface area contributed by atoms with Crippen molar-refractivity contribution in [2.24, 2.45) is 0 Å². The van der Waals surface area contributed by atoms with Crippen molar-refractivity contribution in [1.29, 1.82) is 0 Å². The van der Waals surface area contributed by atoms with Crippen LogP contribution in [0.4, 0.5) is 0 Å². The quantitative estimate of drug-likeness (QED) is 0.912. The Morgan fingerprint density at radius 3 is 2.33 bits per heavy atom. The third-order valence-electron chi connectivity index (χ3n) is 3.40. The smallest absolute Gasteiger partial charge is 0.128 e.